The molecule has 0 unspecified atom stereocenters. The lowest BCUT2D eigenvalue weighted by Crippen LogP contribution is -2.29. The molecule has 0 bridgehead atoms. The summed E-state index contributed by atoms with van der Waals surface area (Å²) in [7, 11) is 1.50. The van der Waals surface area contributed by atoms with E-state index in [0.29, 0.717) is 22.0 Å². The molecule has 0 radical (unpaired) electrons. The molecule has 146 valence electrons. The Bertz CT molecular complexity index is 1070. The van der Waals surface area contributed by atoms with Crippen molar-refractivity contribution in [3.05, 3.63) is 58.5 Å². The number of terminal acetylenes is 1. The molecule has 8 heteroatoms. The van der Waals surface area contributed by atoms with Crippen molar-refractivity contribution in [3.63, 3.8) is 0 Å². The fraction of sp³-hybridized carbons (Fsp3) is 0.0952. The van der Waals surface area contributed by atoms with Gasteiger partial charge in [-0.3, -0.25) is 9.69 Å². The van der Waals surface area contributed by atoms with Crippen molar-refractivity contribution >= 4 is 51.9 Å². The quantitative estimate of drug-likeness (QED) is 0.428. The van der Waals surface area contributed by atoms with Crippen LogP contribution in [0, 0.1) is 12.3 Å². The van der Waals surface area contributed by atoms with Crippen molar-refractivity contribution < 1.29 is 24.2 Å². The van der Waals surface area contributed by atoms with Crippen molar-refractivity contribution in [2.75, 3.05) is 18.6 Å². The Morgan fingerprint density at radius 3 is 2.76 bits per heavy atom. The van der Waals surface area contributed by atoms with E-state index in [2.05, 4.69) is 5.92 Å². The number of hydrogen-bond acceptors (Lipinski definition) is 6. The van der Waals surface area contributed by atoms with Crippen LogP contribution in [0.4, 0.5) is 5.69 Å². The second-order valence-electron chi connectivity index (χ2n) is 5.74. The van der Waals surface area contributed by atoms with Gasteiger partial charge in [0.25, 0.3) is 5.91 Å². The first-order chi connectivity index (χ1) is 14.0. The molecule has 0 aliphatic carbocycles. The molecular formula is C21H15NO5S2. The number of benzene rings is 2. The number of thiocarbonyl (C=S) groups is 1. The van der Waals surface area contributed by atoms with E-state index in [1.54, 1.807) is 42.5 Å². The van der Waals surface area contributed by atoms with Crippen LogP contribution < -0.4 is 14.4 Å². The number of amides is 1. The Morgan fingerprint density at radius 2 is 2.07 bits per heavy atom. The number of carboxylic acid groups (broad SMARTS) is 1. The number of carboxylic acids is 1. The van der Waals surface area contributed by atoms with Crippen LogP contribution in [0.2, 0.25) is 0 Å². The second-order valence-corrected chi connectivity index (χ2v) is 7.42. The average Bonchev–Trinajstić information content (AvgIpc) is 2.99. The monoisotopic (exact) mass is 425 g/mol. The van der Waals surface area contributed by atoms with Gasteiger partial charge in [-0.25, -0.2) is 4.79 Å². The van der Waals surface area contributed by atoms with Gasteiger partial charge < -0.3 is 14.6 Å². The van der Waals surface area contributed by atoms with Crippen LogP contribution >= 0.6 is 24.0 Å². The van der Waals surface area contributed by atoms with Crippen LogP contribution in [0.25, 0.3) is 6.08 Å². The summed E-state index contributed by atoms with van der Waals surface area (Å²) in [5, 5.41) is 9.40. The maximum Gasteiger partial charge on any atom is 0.337 e. The van der Waals surface area contributed by atoms with Gasteiger partial charge in [0.05, 0.1) is 23.3 Å². The molecule has 0 aromatic heterocycles. The van der Waals surface area contributed by atoms with Crippen molar-refractivity contribution in [2.45, 2.75) is 0 Å². The predicted molar refractivity (Wildman–Crippen MR) is 116 cm³/mol. The number of aromatic carboxylic acids is 1. The zero-order valence-corrected chi connectivity index (χ0v) is 16.9. The Labute approximate surface area is 177 Å². The first-order valence-electron chi connectivity index (χ1n) is 8.31. The van der Waals surface area contributed by atoms with Crippen LogP contribution in [-0.2, 0) is 4.79 Å². The van der Waals surface area contributed by atoms with Gasteiger partial charge in [0.2, 0.25) is 0 Å². The zero-order chi connectivity index (χ0) is 21.0. The normalized spacial score (nSPS) is 14.8. The number of ether oxygens (including phenoxy) is 2. The van der Waals surface area contributed by atoms with Crippen molar-refractivity contribution in [3.8, 4) is 23.8 Å². The molecule has 29 heavy (non-hydrogen) atoms. The van der Waals surface area contributed by atoms with Crippen LogP contribution in [0.3, 0.4) is 0 Å². The third kappa shape index (κ3) is 4.26. The van der Waals surface area contributed by atoms with E-state index in [4.69, 9.17) is 28.1 Å². The Hall–Kier alpha value is -3.28. The Morgan fingerprint density at radius 1 is 1.31 bits per heavy atom. The maximum absolute atomic E-state index is 12.9. The summed E-state index contributed by atoms with van der Waals surface area (Å²) in [6.45, 7) is 0.108. The molecule has 6 nitrogen and oxygen atoms in total. The summed E-state index contributed by atoms with van der Waals surface area (Å²) in [6.07, 6.45) is 6.87. The van der Waals surface area contributed by atoms with Crippen LogP contribution in [0.1, 0.15) is 15.9 Å². The molecule has 0 atom stereocenters. The number of carbonyl (C=O) groups excluding carboxylic acids is 1. The van der Waals surface area contributed by atoms with Crippen molar-refractivity contribution in [1.82, 2.24) is 0 Å². The molecule has 1 heterocycles. The average molecular weight is 425 g/mol. The molecule has 1 N–H and O–H groups in total. The summed E-state index contributed by atoms with van der Waals surface area (Å²) in [5.41, 5.74) is 0.935. The molecule has 0 saturated carbocycles. The Kier molecular flexibility index (Phi) is 6.22. The van der Waals surface area contributed by atoms with E-state index < -0.39 is 5.97 Å². The highest BCUT2D eigenvalue weighted by Gasteiger charge is 2.35. The molecule has 3 rings (SSSR count). The largest absolute Gasteiger partial charge is 0.493 e. The highest BCUT2D eigenvalue weighted by molar-refractivity contribution is 8.27. The molecule has 1 aliphatic heterocycles. The predicted octanol–water partition coefficient (Wildman–Crippen LogP) is 3.81. The van der Waals surface area contributed by atoms with E-state index in [-0.39, 0.29) is 28.1 Å². The minimum absolute atomic E-state index is 0.00161. The zero-order valence-electron chi connectivity index (χ0n) is 15.2. The fourth-order valence-corrected chi connectivity index (χ4v) is 3.97. The summed E-state index contributed by atoms with van der Waals surface area (Å²) >= 11 is 6.43. The summed E-state index contributed by atoms with van der Waals surface area (Å²) < 4.78 is 11.0. The van der Waals surface area contributed by atoms with Crippen LogP contribution in [0.15, 0.2) is 47.4 Å². The Balaban J connectivity index is 1.93. The van der Waals surface area contributed by atoms with Gasteiger partial charge in [0.1, 0.15) is 6.61 Å². The van der Waals surface area contributed by atoms with Gasteiger partial charge in [0.15, 0.2) is 15.8 Å². The molecule has 1 amide bonds. The smallest absolute Gasteiger partial charge is 0.337 e. The summed E-state index contributed by atoms with van der Waals surface area (Å²) in [6, 6.07) is 11.4. The van der Waals surface area contributed by atoms with E-state index in [0.717, 1.165) is 11.8 Å². The summed E-state index contributed by atoms with van der Waals surface area (Å²) in [4.78, 5) is 26.0. The standard InChI is InChI=1S/C21H15NO5S2/c1-3-10-27-16-9-8-13(11-17(16)26-2)12-18-19(23)22(21(28)29-18)15-7-5-4-6-14(15)20(24)25/h1,4-9,11-12H,10H2,2H3,(H,24,25)/b18-12+. The lowest BCUT2D eigenvalue weighted by atomic mass is 10.1. The number of anilines is 1. The maximum atomic E-state index is 12.9. The number of para-hydroxylation sites is 1. The minimum atomic E-state index is -1.13. The molecule has 1 fully saturated rings. The first kappa shape index (κ1) is 20.5. The second kappa shape index (κ2) is 8.82. The molecule has 2 aromatic carbocycles. The molecule has 1 saturated heterocycles. The van der Waals surface area contributed by atoms with Crippen molar-refractivity contribution in [2.24, 2.45) is 0 Å². The number of thioether (sulfide) groups is 1. The van der Waals surface area contributed by atoms with Gasteiger partial charge in [-0.15, -0.1) is 6.42 Å². The van der Waals surface area contributed by atoms with Crippen LogP contribution in [0.5, 0.6) is 11.5 Å². The van der Waals surface area contributed by atoms with E-state index >= 15 is 0 Å². The lowest BCUT2D eigenvalue weighted by Gasteiger charge is -2.16. The lowest BCUT2D eigenvalue weighted by molar-refractivity contribution is -0.113. The molecule has 2 aromatic rings. The highest BCUT2D eigenvalue weighted by atomic mass is 32.2. The van der Waals surface area contributed by atoms with E-state index in [9.17, 15) is 14.7 Å². The molecule has 1 aliphatic rings. The first-order valence-corrected chi connectivity index (χ1v) is 9.53. The number of methoxy groups -OCH3 is 1. The van der Waals surface area contributed by atoms with Gasteiger partial charge in [-0.1, -0.05) is 48.1 Å². The number of hydrogen-bond donors (Lipinski definition) is 1. The topological polar surface area (TPSA) is 76.1 Å². The molecular weight excluding hydrogens is 410 g/mol. The SMILES string of the molecule is C#CCOc1ccc(/C=C2/SC(=S)N(c3ccccc3C(=O)O)C2=O)cc1OC. The van der Waals surface area contributed by atoms with Gasteiger partial charge in [0, 0.05) is 0 Å². The van der Waals surface area contributed by atoms with Gasteiger partial charge in [-0.2, -0.15) is 0 Å². The van der Waals surface area contributed by atoms with Gasteiger partial charge in [-0.05, 0) is 35.9 Å². The fourth-order valence-electron chi connectivity index (χ4n) is 2.69. The third-order valence-corrected chi connectivity index (χ3v) is 5.27. The molecule has 0 spiro atoms. The van der Waals surface area contributed by atoms with Crippen molar-refractivity contribution in [1.29, 1.82) is 0 Å². The summed E-state index contributed by atoms with van der Waals surface area (Å²) in [5.74, 6) is 1.83. The minimum Gasteiger partial charge on any atom is -0.493 e. The third-order valence-electron chi connectivity index (χ3n) is 3.97. The van der Waals surface area contributed by atoms with E-state index in [1.165, 1.54) is 18.1 Å². The highest BCUT2D eigenvalue weighted by Crippen LogP contribution is 2.38. The van der Waals surface area contributed by atoms with Crippen LogP contribution in [-0.4, -0.2) is 35.0 Å². The number of rotatable bonds is 6. The number of nitrogens with zero attached hydrogens (tertiary/aromatic N) is 1. The van der Waals surface area contributed by atoms with E-state index in [1.807, 2.05) is 0 Å². The van der Waals surface area contributed by atoms with Gasteiger partial charge >= 0.3 is 5.97 Å². The number of carbonyl (C=O) groups is 2.